The molecule has 9 N–H and O–H groups in total. The number of nitrogens with one attached hydrogen (secondary N) is 5. The molecule has 0 bridgehead atoms. The van der Waals surface area contributed by atoms with Crippen molar-refractivity contribution in [2.45, 2.75) is 37.4 Å². The Kier molecular flexibility index (Phi) is 9.32. The molecule has 0 aliphatic carbocycles. The maximum absolute atomic E-state index is 13.3. The van der Waals surface area contributed by atoms with Crippen molar-refractivity contribution in [2.24, 2.45) is 5.73 Å². The highest BCUT2D eigenvalue weighted by Crippen LogP contribution is 2.11. The number of hydrogen-bond acceptors (Lipinski definition) is 8. The van der Waals surface area contributed by atoms with Crippen LogP contribution in [-0.2, 0) is 38.4 Å². The second-order valence-corrected chi connectivity index (χ2v) is 8.27. The van der Waals surface area contributed by atoms with Crippen LogP contribution in [0, 0.1) is 0 Å². The number of carbonyl (C=O) groups excluding carboxylic acids is 3. The first-order valence-corrected chi connectivity index (χ1v) is 11.3. The molecule has 2 aromatic heterocycles. The maximum atomic E-state index is 13.3. The van der Waals surface area contributed by atoms with Gasteiger partial charge in [0.25, 0.3) is 0 Å². The lowest BCUT2D eigenvalue weighted by molar-refractivity contribution is -0.138. The summed E-state index contributed by atoms with van der Waals surface area (Å²) in [5, 5.41) is 25.8. The van der Waals surface area contributed by atoms with Crippen LogP contribution in [0.5, 0.6) is 5.75 Å². The Morgan fingerprint density at radius 2 is 1.38 bits per heavy atom. The van der Waals surface area contributed by atoms with Crippen LogP contribution >= 0.6 is 0 Å². The Hall–Kier alpha value is -4.72. The monoisotopic (exact) mass is 512 g/mol. The largest absolute Gasteiger partial charge is 0.508 e. The van der Waals surface area contributed by atoms with E-state index in [4.69, 9.17) is 10.8 Å². The van der Waals surface area contributed by atoms with Crippen molar-refractivity contribution in [3.8, 4) is 5.75 Å². The summed E-state index contributed by atoms with van der Waals surface area (Å²) in [5.41, 5.74) is 7.85. The van der Waals surface area contributed by atoms with E-state index in [0.29, 0.717) is 17.0 Å². The molecule has 14 heteroatoms. The minimum atomic E-state index is -1.24. The average Bonchev–Trinajstić information content (AvgIpc) is 3.57. The van der Waals surface area contributed by atoms with Crippen LogP contribution in [0.2, 0.25) is 0 Å². The van der Waals surface area contributed by atoms with Crippen LogP contribution < -0.4 is 21.7 Å². The van der Waals surface area contributed by atoms with E-state index >= 15 is 0 Å². The Bertz CT molecular complexity index is 1180. The van der Waals surface area contributed by atoms with Crippen LogP contribution in [0.1, 0.15) is 17.0 Å². The predicted octanol–water partition coefficient (Wildman–Crippen LogP) is -1.64. The smallest absolute Gasteiger partial charge is 0.322 e. The second kappa shape index (κ2) is 12.8. The minimum Gasteiger partial charge on any atom is -0.508 e. The SMILES string of the molecule is NC(Cc1ccc(O)cc1)C(=O)NC(Cc1cnc[nH]1)C(=O)NC(Cc1cnc[nH]1)C(=O)NCC(=O)O. The Labute approximate surface area is 211 Å². The van der Waals surface area contributed by atoms with Gasteiger partial charge in [-0.2, -0.15) is 0 Å². The number of nitrogens with two attached hydrogens (primary N) is 1. The third-order valence-corrected chi connectivity index (χ3v) is 5.37. The third kappa shape index (κ3) is 8.47. The molecule has 0 aliphatic rings. The standard InChI is InChI=1S/C23H28N8O6/c24-17(5-13-1-3-16(32)4-2-13)21(35)30-19(7-15-9-26-12-29-15)23(37)31-18(6-14-8-25-11-28-14)22(36)27-10-20(33)34/h1-4,8-9,11-12,17-19,32H,5-7,10,24H2,(H,25,28)(H,26,29)(H,27,36)(H,30,35)(H,31,37)(H,33,34). The van der Waals surface area contributed by atoms with Gasteiger partial charge < -0.3 is 41.9 Å². The number of carboxylic acid groups (broad SMARTS) is 1. The van der Waals surface area contributed by atoms with Crippen molar-refractivity contribution >= 4 is 23.7 Å². The van der Waals surface area contributed by atoms with Gasteiger partial charge in [-0.15, -0.1) is 0 Å². The van der Waals surface area contributed by atoms with Gasteiger partial charge in [0.2, 0.25) is 17.7 Å². The van der Waals surface area contributed by atoms with Gasteiger partial charge in [-0.1, -0.05) is 12.1 Å². The minimum absolute atomic E-state index is 0.00226. The number of benzene rings is 1. The van der Waals surface area contributed by atoms with Crippen LogP contribution in [0.4, 0.5) is 0 Å². The number of aliphatic carboxylic acids is 1. The Morgan fingerprint density at radius 1 is 0.838 bits per heavy atom. The number of hydrogen-bond donors (Lipinski definition) is 8. The second-order valence-electron chi connectivity index (χ2n) is 8.27. The molecule has 3 atom stereocenters. The fourth-order valence-corrected chi connectivity index (χ4v) is 3.47. The zero-order chi connectivity index (χ0) is 26.8. The molecule has 3 rings (SSSR count). The lowest BCUT2D eigenvalue weighted by Gasteiger charge is -2.24. The van der Waals surface area contributed by atoms with E-state index in [2.05, 4.69) is 35.9 Å². The summed E-state index contributed by atoms with van der Waals surface area (Å²) in [4.78, 5) is 63.1. The van der Waals surface area contributed by atoms with Gasteiger partial charge >= 0.3 is 5.97 Å². The van der Waals surface area contributed by atoms with Gasteiger partial charge in [0, 0.05) is 36.6 Å². The number of rotatable bonds is 13. The highest BCUT2D eigenvalue weighted by atomic mass is 16.4. The summed E-state index contributed by atoms with van der Waals surface area (Å²) >= 11 is 0. The lowest BCUT2D eigenvalue weighted by atomic mass is 10.0. The normalized spacial score (nSPS) is 13.2. The van der Waals surface area contributed by atoms with E-state index in [0.717, 1.165) is 0 Å². The summed E-state index contributed by atoms with van der Waals surface area (Å²) < 4.78 is 0. The number of H-pyrrole nitrogens is 2. The number of aromatic hydroxyl groups is 1. The van der Waals surface area contributed by atoms with E-state index in [-0.39, 0.29) is 25.0 Å². The average molecular weight is 513 g/mol. The molecule has 3 aromatic rings. The van der Waals surface area contributed by atoms with Crippen LogP contribution in [0.15, 0.2) is 49.3 Å². The molecule has 3 amide bonds. The van der Waals surface area contributed by atoms with E-state index in [9.17, 15) is 24.3 Å². The quantitative estimate of drug-likeness (QED) is 0.131. The van der Waals surface area contributed by atoms with Crippen molar-refractivity contribution in [1.29, 1.82) is 0 Å². The summed E-state index contributed by atoms with van der Waals surface area (Å²) in [5.74, 6) is -3.17. The number of carboxylic acids is 1. The molecule has 14 nitrogen and oxygen atoms in total. The fraction of sp³-hybridized carbons (Fsp3) is 0.304. The summed E-state index contributed by atoms with van der Waals surface area (Å²) in [7, 11) is 0. The first-order valence-electron chi connectivity index (χ1n) is 11.3. The molecular formula is C23H28N8O6. The molecule has 0 aliphatic heterocycles. The van der Waals surface area contributed by atoms with Gasteiger partial charge in [0.05, 0.1) is 18.7 Å². The zero-order valence-corrected chi connectivity index (χ0v) is 19.7. The van der Waals surface area contributed by atoms with Gasteiger partial charge in [-0.05, 0) is 24.1 Å². The van der Waals surface area contributed by atoms with Gasteiger partial charge in [-0.3, -0.25) is 19.2 Å². The number of phenols is 1. The Balaban J connectivity index is 1.72. The predicted molar refractivity (Wildman–Crippen MR) is 129 cm³/mol. The maximum Gasteiger partial charge on any atom is 0.322 e. The Morgan fingerprint density at radius 3 is 1.89 bits per heavy atom. The van der Waals surface area contributed by atoms with E-state index < -0.39 is 48.4 Å². The molecule has 196 valence electrons. The highest BCUT2D eigenvalue weighted by molar-refractivity contribution is 5.94. The van der Waals surface area contributed by atoms with Crippen molar-refractivity contribution in [1.82, 2.24) is 35.9 Å². The van der Waals surface area contributed by atoms with Crippen LogP contribution in [-0.4, -0.2) is 78.5 Å². The summed E-state index contributed by atoms with van der Waals surface area (Å²) in [6, 6.07) is 2.93. The zero-order valence-electron chi connectivity index (χ0n) is 19.7. The lowest BCUT2D eigenvalue weighted by Crippen LogP contribution is -2.57. The fourth-order valence-electron chi connectivity index (χ4n) is 3.47. The molecule has 1 aromatic carbocycles. The molecule has 0 saturated heterocycles. The molecule has 3 unspecified atom stereocenters. The number of carbonyl (C=O) groups is 4. The third-order valence-electron chi connectivity index (χ3n) is 5.37. The molecule has 0 fully saturated rings. The van der Waals surface area contributed by atoms with Crippen LogP contribution in [0.3, 0.4) is 0 Å². The molecule has 37 heavy (non-hydrogen) atoms. The molecular weight excluding hydrogens is 484 g/mol. The first kappa shape index (κ1) is 26.9. The number of phenolic OH excluding ortho intramolecular Hbond substituents is 1. The van der Waals surface area contributed by atoms with Gasteiger partial charge in [0.1, 0.15) is 24.4 Å². The number of aromatic amines is 2. The van der Waals surface area contributed by atoms with E-state index in [1.807, 2.05) is 0 Å². The van der Waals surface area contributed by atoms with Crippen molar-refractivity contribution in [3.63, 3.8) is 0 Å². The van der Waals surface area contributed by atoms with Crippen molar-refractivity contribution < 1.29 is 29.4 Å². The summed E-state index contributed by atoms with van der Waals surface area (Å²) in [6.45, 7) is -0.630. The van der Waals surface area contributed by atoms with Crippen molar-refractivity contribution in [3.05, 3.63) is 66.3 Å². The number of aromatic nitrogens is 4. The van der Waals surface area contributed by atoms with Gasteiger partial charge in [0.15, 0.2) is 0 Å². The van der Waals surface area contributed by atoms with E-state index in [1.54, 1.807) is 12.1 Å². The topological polar surface area (TPSA) is 228 Å². The van der Waals surface area contributed by atoms with Crippen molar-refractivity contribution in [2.75, 3.05) is 6.54 Å². The molecule has 0 radical (unpaired) electrons. The number of amides is 3. The highest BCUT2D eigenvalue weighted by Gasteiger charge is 2.29. The molecule has 0 spiro atoms. The molecule has 2 heterocycles. The summed E-state index contributed by atoms with van der Waals surface area (Å²) in [6.07, 6.45) is 5.97. The van der Waals surface area contributed by atoms with Gasteiger partial charge in [-0.25, -0.2) is 9.97 Å². The number of nitrogens with zero attached hydrogens (tertiary/aromatic N) is 2. The first-order chi connectivity index (χ1) is 17.7. The van der Waals surface area contributed by atoms with E-state index in [1.165, 1.54) is 37.2 Å². The van der Waals surface area contributed by atoms with Crippen LogP contribution in [0.25, 0.3) is 0 Å². The number of imidazole rings is 2. The molecule has 0 saturated carbocycles.